The average molecular weight is 419 g/mol. The van der Waals surface area contributed by atoms with Gasteiger partial charge < -0.3 is 20.1 Å². The molecule has 0 bridgehead atoms. The molecule has 0 radical (unpaired) electrons. The van der Waals surface area contributed by atoms with Crippen molar-refractivity contribution in [1.29, 1.82) is 0 Å². The lowest BCUT2D eigenvalue weighted by Crippen LogP contribution is -2.19. The second-order valence-corrected chi connectivity index (χ2v) is 6.74. The number of anilines is 2. The second kappa shape index (κ2) is 8.57. The molecule has 10 heteroatoms. The number of aryl methyl sites for hydroxylation is 2. The molecular weight excluding hydrogens is 398 g/mol. The van der Waals surface area contributed by atoms with Gasteiger partial charge in [-0.3, -0.25) is 4.68 Å². The van der Waals surface area contributed by atoms with Gasteiger partial charge in [0.25, 0.3) is 5.88 Å². The van der Waals surface area contributed by atoms with Gasteiger partial charge in [0.2, 0.25) is 0 Å². The van der Waals surface area contributed by atoms with E-state index in [9.17, 15) is 4.79 Å². The molecule has 0 aliphatic heterocycles. The zero-order valence-corrected chi connectivity index (χ0v) is 17.2. The van der Waals surface area contributed by atoms with E-state index in [0.717, 1.165) is 11.3 Å². The van der Waals surface area contributed by atoms with Crippen LogP contribution in [0.1, 0.15) is 5.56 Å². The molecule has 2 N–H and O–H groups in total. The Labute approximate surface area is 178 Å². The zero-order chi connectivity index (χ0) is 21.8. The molecule has 31 heavy (non-hydrogen) atoms. The van der Waals surface area contributed by atoms with Gasteiger partial charge in [0, 0.05) is 12.7 Å². The van der Waals surface area contributed by atoms with Crippen LogP contribution in [-0.4, -0.2) is 37.7 Å². The van der Waals surface area contributed by atoms with Crippen molar-refractivity contribution in [3.05, 3.63) is 66.9 Å². The highest BCUT2D eigenvalue weighted by molar-refractivity contribution is 6.00. The first-order valence-corrected chi connectivity index (χ1v) is 9.41. The predicted octanol–water partition coefficient (Wildman–Crippen LogP) is 3.75. The molecule has 0 atom stereocenters. The van der Waals surface area contributed by atoms with Gasteiger partial charge in [0.15, 0.2) is 11.5 Å². The molecule has 0 aliphatic carbocycles. The van der Waals surface area contributed by atoms with Crippen molar-refractivity contribution >= 4 is 17.4 Å². The molecule has 0 saturated heterocycles. The summed E-state index contributed by atoms with van der Waals surface area (Å²) >= 11 is 0. The molecule has 4 rings (SSSR count). The summed E-state index contributed by atoms with van der Waals surface area (Å²) < 4.78 is 14.5. The van der Waals surface area contributed by atoms with E-state index in [2.05, 4.69) is 25.8 Å². The van der Waals surface area contributed by atoms with Gasteiger partial charge in [-0.15, -0.1) is 5.10 Å². The number of urea groups is 1. The fraction of sp³-hybridized carbons (Fsp3) is 0.143. The first-order valence-electron chi connectivity index (χ1n) is 9.41. The zero-order valence-electron chi connectivity index (χ0n) is 17.2. The molecule has 0 spiro atoms. The molecule has 0 aliphatic rings. The first-order chi connectivity index (χ1) is 15.0. The number of hydrogen-bond donors (Lipinski definition) is 2. The van der Waals surface area contributed by atoms with Crippen LogP contribution in [0.2, 0.25) is 0 Å². The van der Waals surface area contributed by atoms with Gasteiger partial charge in [0.05, 0.1) is 19.0 Å². The fourth-order valence-corrected chi connectivity index (χ4v) is 2.92. The molecule has 2 heterocycles. The summed E-state index contributed by atoms with van der Waals surface area (Å²) in [5, 5.41) is 13.9. The number of amides is 2. The van der Waals surface area contributed by atoms with Crippen molar-refractivity contribution in [2.45, 2.75) is 6.92 Å². The number of aromatic nitrogens is 5. The number of nitrogens with one attached hydrogen (secondary N) is 2. The lowest BCUT2D eigenvalue weighted by atomic mass is 10.2. The lowest BCUT2D eigenvalue weighted by Gasteiger charge is -2.11. The monoisotopic (exact) mass is 419 g/mol. The van der Waals surface area contributed by atoms with E-state index in [4.69, 9.17) is 9.47 Å². The van der Waals surface area contributed by atoms with Crippen molar-refractivity contribution < 1.29 is 14.3 Å². The number of rotatable bonds is 6. The number of methoxy groups -OCH3 is 1. The second-order valence-electron chi connectivity index (χ2n) is 6.74. The minimum atomic E-state index is -0.428. The van der Waals surface area contributed by atoms with E-state index in [-0.39, 0.29) is 5.88 Å². The summed E-state index contributed by atoms with van der Waals surface area (Å²) in [6.45, 7) is 1.96. The highest BCUT2D eigenvalue weighted by Gasteiger charge is 2.15. The minimum absolute atomic E-state index is 0.251. The van der Waals surface area contributed by atoms with Gasteiger partial charge in [-0.1, -0.05) is 6.07 Å². The van der Waals surface area contributed by atoms with Gasteiger partial charge in [-0.25, -0.2) is 14.5 Å². The van der Waals surface area contributed by atoms with Crippen LogP contribution in [0.25, 0.3) is 5.69 Å². The third kappa shape index (κ3) is 4.64. The molecule has 2 amide bonds. The van der Waals surface area contributed by atoms with Gasteiger partial charge in [-0.05, 0) is 48.9 Å². The molecule has 158 valence electrons. The van der Waals surface area contributed by atoms with Crippen LogP contribution in [0.15, 0.2) is 61.3 Å². The third-order valence-corrected chi connectivity index (χ3v) is 4.38. The standard InChI is InChI=1S/C21H21N7O3/c1-14-4-9-18(19(10-14)30-3)31-20-17(11-27(2)26-20)25-21(29)24-15-5-7-16(8-6-15)28-13-22-12-23-28/h4-13H,1-3H3,(H2,24,25,29). The van der Waals surface area contributed by atoms with E-state index in [1.165, 1.54) is 6.33 Å². The highest BCUT2D eigenvalue weighted by atomic mass is 16.5. The van der Waals surface area contributed by atoms with E-state index < -0.39 is 6.03 Å². The van der Waals surface area contributed by atoms with Crippen LogP contribution in [0, 0.1) is 6.92 Å². The number of hydrogen-bond acceptors (Lipinski definition) is 6. The first kappa shape index (κ1) is 20.0. The number of carbonyl (C=O) groups excluding carboxylic acids is 1. The van der Waals surface area contributed by atoms with Crippen LogP contribution in [0.3, 0.4) is 0 Å². The van der Waals surface area contributed by atoms with Crippen molar-refractivity contribution in [2.24, 2.45) is 7.05 Å². The number of benzene rings is 2. The maximum absolute atomic E-state index is 12.5. The maximum atomic E-state index is 12.5. The molecular formula is C21H21N7O3. The molecule has 0 unspecified atom stereocenters. The van der Waals surface area contributed by atoms with Crippen molar-refractivity contribution in [3.63, 3.8) is 0 Å². The van der Waals surface area contributed by atoms with E-state index in [0.29, 0.717) is 22.9 Å². The minimum Gasteiger partial charge on any atom is -0.493 e. The summed E-state index contributed by atoms with van der Waals surface area (Å²) in [5.74, 6) is 1.33. The predicted molar refractivity (Wildman–Crippen MR) is 115 cm³/mol. The van der Waals surface area contributed by atoms with Crippen molar-refractivity contribution in [1.82, 2.24) is 24.5 Å². The van der Waals surface area contributed by atoms with Crippen LogP contribution >= 0.6 is 0 Å². The Kier molecular flexibility index (Phi) is 5.52. The smallest absolute Gasteiger partial charge is 0.323 e. The molecule has 4 aromatic rings. The summed E-state index contributed by atoms with van der Waals surface area (Å²) in [6, 6.07) is 12.3. The van der Waals surface area contributed by atoms with Crippen LogP contribution < -0.4 is 20.1 Å². The number of carbonyl (C=O) groups is 1. The van der Waals surface area contributed by atoms with Gasteiger partial charge in [-0.2, -0.15) is 5.10 Å². The third-order valence-electron chi connectivity index (χ3n) is 4.38. The van der Waals surface area contributed by atoms with E-state index in [1.54, 1.807) is 54.2 Å². The Morgan fingerprint density at radius 1 is 1.06 bits per heavy atom. The van der Waals surface area contributed by atoms with Crippen LogP contribution in [0.4, 0.5) is 16.2 Å². The molecule has 2 aromatic carbocycles. The maximum Gasteiger partial charge on any atom is 0.323 e. The molecule has 10 nitrogen and oxygen atoms in total. The van der Waals surface area contributed by atoms with Gasteiger partial charge in [0.1, 0.15) is 18.3 Å². The molecule has 2 aromatic heterocycles. The topological polar surface area (TPSA) is 108 Å². The van der Waals surface area contributed by atoms with Crippen LogP contribution in [-0.2, 0) is 7.05 Å². The Hall–Kier alpha value is -4.34. The molecule has 0 fully saturated rings. The Bertz CT molecular complexity index is 1180. The summed E-state index contributed by atoms with van der Waals surface area (Å²) in [4.78, 5) is 16.4. The van der Waals surface area contributed by atoms with E-state index in [1.807, 2.05) is 31.2 Å². The summed E-state index contributed by atoms with van der Waals surface area (Å²) in [7, 11) is 3.31. The quantitative estimate of drug-likeness (QED) is 0.493. The number of nitrogens with zero attached hydrogens (tertiary/aromatic N) is 5. The largest absolute Gasteiger partial charge is 0.493 e. The normalized spacial score (nSPS) is 10.5. The van der Waals surface area contributed by atoms with E-state index >= 15 is 0 Å². The molecule has 0 saturated carbocycles. The van der Waals surface area contributed by atoms with Gasteiger partial charge >= 0.3 is 6.03 Å². The summed E-state index contributed by atoms with van der Waals surface area (Å²) in [6.07, 6.45) is 4.71. The Morgan fingerprint density at radius 2 is 1.87 bits per heavy atom. The summed E-state index contributed by atoms with van der Waals surface area (Å²) in [5.41, 5.74) is 2.91. The Balaban J connectivity index is 1.45. The van der Waals surface area contributed by atoms with Crippen LogP contribution in [0.5, 0.6) is 17.4 Å². The highest BCUT2D eigenvalue weighted by Crippen LogP contribution is 2.34. The van der Waals surface area contributed by atoms with Crippen molar-refractivity contribution in [3.8, 4) is 23.1 Å². The number of ether oxygens (including phenoxy) is 2. The lowest BCUT2D eigenvalue weighted by molar-refractivity contribution is 0.262. The fourth-order valence-electron chi connectivity index (χ4n) is 2.92. The SMILES string of the molecule is COc1cc(C)ccc1Oc1nn(C)cc1NC(=O)Nc1ccc(-n2cncn2)cc1. The average Bonchev–Trinajstić information content (AvgIpc) is 3.40. The van der Waals surface area contributed by atoms with Crippen molar-refractivity contribution in [2.75, 3.05) is 17.7 Å². The Morgan fingerprint density at radius 3 is 2.58 bits per heavy atom.